The van der Waals surface area contributed by atoms with Crippen molar-refractivity contribution in [2.45, 2.75) is 24.8 Å². The third kappa shape index (κ3) is 2.83. The summed E-state index contributed by atoms with van der Waals surface area (Å²) in [5, 5.41) is 10.5. The fourth-order valence-electron chi connectivity index (χ4n) is 3.65. The Kier molecular flexibility index (Phi) is 4.27. The Labute approximate surface area is 146 Å². The first kappa shape index (κ1) is 16.2. The van der Waals surface area contributed by atoms with Crippen molar-refractivity contribution in [3.8, 4) is 0 Å². The van der Waals surface area contributed by atoms with E-state index < -0.39 is 0 Å². The molecule has 2 saturated heterocycles. The first-order chi connectivity index (χ1) is 12.2. The van der Waals surface area contributed by atoms with E-state index in [1.54, 1.807) is 12.1 Å². The van der Waals surface area contributed by atoms with Crippen molar-refractivity contribution in [3.05, 3.63) is 47.6 Å². The number of hydrogen-bond acceptors (Lipinski definition) is 6. The van der Waals surface area contributed by atoms with Crippen LogP contribution in [0.5, 0.6) is 0 Å². The van der Waals surface area contributed by atoms with Gasteiger partial charge in [-0.2, -0.15) is 4.98 Å². The lowest BCUT2D eigenvalue weighted by molar-refractivity contribution is 0.0933. The van der Waals surface area contributed by atoms with Gasteiger partial charge in [0.25, 0.3) is 5.91 Å². The van der Waals surface area contributed by atoms with E-state index >= 15 is 0 Å². The summed E-state index contributed by atoms with van der Waals surface area (Å²) < 4.78 is 11.2. The average Bonchev–Trinajstić information content (AvgIpc) is 3.34. The van der Waals surface area contributed by atoms with Gasteiger partial charge >= 0.3 is 0 Å². The monoisotopic (exact) mass is 342 g/mol. The summed E-state index contributed by atoms with van der Waals surface area (Å²) in [5.74, 6) is 1.36. The van der Waals surface area contributed by atoms with E-state index in [0.29, 0.717) is 42.8 Å². The van der Waals surface area contributed by atoms with E-state index in [4.69, 9.17) is 9.26 Å². The molecule has 1 aromatic heterocycles. The Bertz CT molecular complexity index is 736. The molecule has 1 aromatic carbocycles. The summed E-state index contributed by atoms with van der Waals surface area (Å²) in [6, 6.07) is 8.86. The van der Waals surface area contributed by atoms with Gasteiger partial charge in [0, 0.05) is 24.6 Å². The van der Waals surface area contributed by atoms with E-state index in [0.717, 1.165) is 13.1 Å². The van der Waals surface area contributed by atoms with Crippen molar-refractivity contribution < 1.29 is 14.1 Å². The third-order valence-corrected chi connectivity index (χ3v) is 5.22. The number of carbonyl (C=O) groups excluding carboxylic acids is 1. The predicted octanol–water partition coefficient (Wildman–Crippen LogP) is 1.44. The topological polar surface area (TPSA) is 89.3 Å². The molecule has 2 aliphatic heterocycles. The molecule has 0 radical (unpaired) electrons. The zero-order chi connectivity index (χ0) is 17.3. The number of benzene rings is 1. The average molecular weight is 342 g/mol. The molecule has 3 atom stereocenters. The number of fused-ring (bicyclic) bond motifs is 1. The minimum Gasteiger partial charge on any atom is -0.380 e. The molecule has 0 spiro atoms. The molecule has 0 saturated carbocycles. The van der Waals surface area contributed by atoms with Crippen LogP contribution in [0, 0.1) is 5.92 Å². The molecule has 0 aliphatic carbocycles. The Balaban J connectivity index is 1.53. The van der Waals surface area contributed by atoms with E-state index in [1.807, 2.05) is 25.1 Å². The second kappa shape index (κ2) is 6.57. The molecule has 132 valence electrons. The maximum atomic E-state index is 12.4. The van der Waals surface area contributed by atoms with Crippen molar-refractivity contribution in [1.82, 2.24) is 20.8 Å². The second-order valence-electron chi connectivity index (χ2n) is 6.76. The largest absolute Gasteiger partial charge is 0.380 e. The van der Waals surface area contributed by atoms with Crippen LogP contribution in [0.2, 0.25) is 0 Å². The minimum atomic E-state index is -0.281. The smallest absolute Gasteiger partial charge is 0.251 e. The molecule has 1 unspecified atom stereocenters. The van der Waals surface area contributed by atoms with Gasteiger partial charge in [-0.3, -0.25) is 4.79 Å². The third-order valence-electron chi connectivity index (χ3n) is 5.22. The van der Waals surface area contributed by atoms with Crippen LogP contribution in [-0.2, 0) is 10.2 Å². The molecule has 1 amide bonds. The van der Waals surface area contributed by atoms with Crippen LogP contribution in [0.25, 0.3) is 0 Å². The van der Waals surface area contributed by atoms with E-state index in [9.17, 15) is 4.79 Å². The molecule has 7 heteroatoms. The van der Waals surface area contributed by atoms with Crippen LogP contribution in [0.3, 0.4) is 0 Å². The highest BCUT2D eigenvalue weighted by molar-refractivity contribution is 5.94. The van der Waals surface area contributed by atoms with Crippen molar-refractivity contribution in [2.75, 3.05) is 26.3 Å². The zero-order valence-corrected chi connectivity index (χ0v) is 14.2. The Morgan fingerprint density at radius 2 is 2.28 bits per heavy atom. The van der Waals surface area contributed by atoms with Gasteiger partial charge in [0.2, 0.25) is 5.89 Å². The number of nitrogens with one attached hydrogen (secondary N) is 2. The van der Waals surface area contributed by atoms with E-state index in [1.165, 1.54) is 0 Å². The van der Waals surface area contributed by atoms with Gasteiger partial charge in [0.15, 0.2) is 5.82 Å². The fourth-order valence-corrected chi connectivity index (χ4v) is 3.65. The molecular formula is C18H22N4O3. The SMILES string of the molecule is CCC(NC(=O)c1ccccc1)c1noc([C@]23CNC[C@H]2COC3)n1. The molecule has 2 aromatic rings. The standard InChI is InChI=1S/C18H22N4O3/c1-2-14(20-16(23)12-6-4-3-5-7-12)15-21-17(25-22-15)18-10-19-8-13(18)9-24-11-18/h3-7,13-14,19H,2,8-11H2,1H3,(H,20,23)/t13-,14?,18-/m0/s1. The predicted molar refractivity (Wildman–Crippen MR) is 90.1 cm³/mol. The van der Waals surface area contributed by atoms with E-state index in [2.05, 4.69) is 20.8 Å². The Morgan fingerprint density at radius 3 is 3.08 bits per heavy atom. The molecular weight excluding hydrogens is 320 g/mol. The molecule has 7 nitrogen and oxygen atoms in total. The first-order valence-corrected chi connectivity index (χ1v) is 8.71. The highest BCUT2D eigenvalue weighted by atomic mass is 16.5. The van der Waals surface area contributed by atoms with Crippen LogP contribution >= 0.6 is 0 Å². The minimum absolute atomic E-state index is 0.137. The van der Waals surface area contributed by atoms with Gasteiger partial charge in [-0.05, 0) is 18.6 Å². The van der Waals surface area contributed by atoms with Crippen molar-refractivity contribution >= 4 is 5.91 Å². The van der Waals surface area contributed by atoms with Crippen LogP contribution in [0.1, 0.15) is 41.5 Å². The molecule has 3 heterocycles. The summed E-state index contributed by atoms with van der Waals surface area (Å²) in [6.07, 6.45) is 0.683. The molecule has 2 fully saturated rings. The van der Waals surface area contributed by atoms with E-state index in [-0.39, 0.29) is 17.4 Å². The van der Waals surface area contributed by atoms with Crippen molar-refractivity contribution in [1.29, 1.82) is 0 Å². The lowest BCUT2D eigenvalue weighted by atomic mass is 9.81. The number of amides is 1. The number of carbonyl (C=O) groups is 1. The molecule has 2 aliphatic rings. The lowest BCUT2D eigenvalue weighted by Crippen LogP contribution is -2.35. The van der Waals surface area contributed by atoms with Crippen molar-refractivity contribution in [3.63, 3.8) is 0 Å². The second-order valence-corrected chi connectivity index (χ2v) is 6.76. The fraction of sp³-hybridized carbons (Fsp3) is 0.500. The summed E-state index contributed by atoms with van der Waals surface area (Å²) in [4.78, 5) is 17.0. The number of hydrogen-bond donors (Lipinski definition) is 2. The van der Waals surface area contributed by atoms with Gasteiger partial charge in [0.05, 0.1) is 24.7 Å². The summed E-state index contributed by atoms with van der Waals surface area (Å²) in [6.45, 7) is 4.99. The first-order valence-electron chi connectivity index (χ1n) is 8.71. The van der Waals surface area contributed by atoms with Gasteiger partial charge in [0.1, 0.15) is 0 Å². The number of ether oxygens (including phenoxy) is 1. The van der Waals surface area contributed by atoms with Gasteiger partial charge in [-0.25, -0.2) is 0 Å². The Hall–Kier alpha value is -2.25. The van der Waals surface area contributed by atoms with Gasteiger partial charge in [-0.1, -0.05) is 30.3 Å². The molecule has 4 rings (SSSR count). The molecule has 25 heavy (non-hydrogen) atoms. The lowest BCUT2D eigenvalue weighted by Gasteiger charge is -2.20. The quantitative estimate of drug-likeness (QED) is 0.855. The van der Waals surface area contributed by atoms with Gasteiger partial charge < -0.3 is 19.9 Å². The van der Waals surface area contributed by atoms with Crippen LogP contribution < -0.4 is 10.6 Å². The summed E-state index contributed by atoms with van der Waals surface area (Å²) in [7, 11) is 0. The summed E-state index contributed by atoms with van der Waals surface area (Å²) in [5.41, 5.74) is 0.389. The normalized spacial score (nSPS) is 26.4. The van der Waals surface area contributed by atoms with Crippen LogP contribution in [0.15, 0.2) is 34.9 Å². The maximum Gasteiger partial charge on any atom is 0.251 e. The highest BCUT2D eigenvalue weighted by Gasteiger charge is 2.52. The summed E-state index contributed by atoms with van der Waals surface area (Å²) >= 11 is 0. The van der Waals surface area contributed by atoms with Gasteiger partial charge in [-0.15, -0.1) is 0 Å². The van der Waals surface area contributed by atoms with Crippen molar-refractivity contribution in [2.24, 2.45) is 5.92 Å². The maximum absolute atomic E-state index is 12.4. The number of aromatic nitrogens is 2. The zero-order valence-electron chi connectivity index (χ0n) is 14.2. The van der Waals surface area contributed by atoms with Crippen LogP contribution in [-0.4, -0.2) is 42.4 Å². The van der Waals surface area contributed by atoms with Crippen LogP contribution in [0.4, 0.5) is 0 Å². The highest BCUT2D eigenvalue weighted by Crippen LogP contribution is 2.40. The Morgan fingerprint density at radius 1 is 1.44 bits per heavy atom. The number of rotatable bonds is 5. The molecule has 0 bridgehead atoms. The number of nitrogens with zero attached hydrogens (tertiary/aromatic N) is 2. The molecule has 2 N–H and O–H groups in total.